The fourth-order valence-corrected chi connectivity index (χ4v) is 6.50. The Kier molecular flexibility index (Phi) is 4.57. The number of rotatable bonds is 4. The van der Waals surface area contributed by atoms with E-state index in [1.165, 1.54) is 10.5 Å². The van der Waals surface area contributed by atoms with Crippen molar-refractivity contribution in [1.29, 1.82) is 0 Å². The number of halogens is 1. The van der Waals surface area contributed by atoms with Crippen LogP contribution >= 0.6 is 11.6 Å². The summed E-state index contributed by atoms with van der Waals surface area (Å²) in [5.74, 6) is -0.705. The third kappa shape index (κ3) is 2.81. The van der Waals surface area contributed by atoms with Crippen LogP contribution in [-0.2, 0) is 14.4 Å². The molecule has 2 aliphatic heterocycles. The molecule has 3 fully saturated rings. The molecular weight excluding hydrogens is 436 g/mol. The molecule has 2 aliphatic carbocycles. The standard InChI is InChI=1S/C27H25ClN2O3/c1-14(2)15-9-11-18(12-10-15)29-23(19-5-3-4-6-20(19)28)24(27(29)33)30-25(31)21-16-7-8-17(13-16)22(21)26(30)32/h3-12,14,16-17,21-24H,13H2,1-2H3. The number of amides is 3. The van der Waals surface area contributed by atoms with E-state index in [2.05, 4.69) is 26.0 Å². The van der Waals surface area contributed by atoms with E-state index in [0.29, 0.717) is 10.9 Å². The molecular formula is C27H25ClN2O3. The molecule has 0 radical (unpaired) electrons. The van der Waals surface area contributed by atoms with E-state index in [9.17, 15) is 14.4 Å². The first kappa shape index (κ1) is 20.7. The zero-order valence-corrected chi connectivity index (χ0v) is 19.3. The summed E-state index contributed by atoms with van der Waals surface area (Å²) in [5, 5.41) is 0.518. The minimum Gasteiger partial charge on any atom is -0.300 e. The number of fused-ring (bicyclic) bond motifs is 5. The maximum atomic E-state index is 13.6. The first-order valence-electron chi connectivity index (χ1n) is 11.6. The summed E-state index contributed by atoms with van der Waals surface area (Å²) in [5.41, 5.74) is 2.67. The molecule has 2 saturated heterocycles. The van der Waals surface area contributed by atoms with Crippen molar-refractivity contribution in [2.75, 3.05) is 4.90 Å². The number of β-lactam (4-membered cyclic amide) rings is 1. The molecule has 3 amide bonds. The molecule has 0 aromatic heterocycles. The number of benzene rings is 2. The molecule has 4 aliphatic rings. The van der Waals surface area contributed by atoms with Crippen LogP contribution in [0.2, 0.25) is 5.02 Å². The first-order valence-corrected chi connectivity index (χ1v) is 12.0. The van der Waals surface area contributed by atoms with Crippen LogP contribution in [0.4, 0.5) is 5.69 Å². The Bertz CT molecular complexity index is 1170. The van der Waals surface area contributed by atoms with Gasteiger partial charge in [-0.15, -0.1) is 0 Å². The minimum atomic E-state index is -0.861. The van der Waals surface area contributed by atoms with Crippen LogP contribution in [0.3, 0.4) is 0 Å². The number of hydrogen-bond donors (Lipinski definition) is 0. The molecule has 6 unspecified atom stereocenters. The van der Waals surface area contributed by atoms with Gasteiger partial charge in [0.15, 0.2) is 0 Å². The number of imide groups is 1. The number of nitrogens with zero attached hydrogens (tertiary/aromatic N) is 2. The Labute approximate surface area is 198 Å². The number of anilines is 1. The van der Waals surface area contributed by atoms with Crippen LogP contribution in [0.25, 0.3) is 0 Å². The van der Waals surface area contributed by atoms with Crippen LogP contribution < -0.4 is 4.90 Å². The van der Waals surface area contributed by atoms with Crippen molar-refractivity contribution in [1.82, 2.24) is 4.90 Å². The van der Waals surface area contributed by atoms with Crippen molar-refractivity contribution in [3.63, 3.8) is 0 Å². The minimum absolute atomic E-state index is 0.107. The monoisotopic (exact) mass is 460 g/mol. The van der Waals surface area contributed by atoms with E-state index < -0.39 is 12.1 Å². The average molecular weight is 461 g/mol. The maximum absolute atomic E-state index is 13.6. The van der Waals surface area contributed by atoms with E-state index in [1.807, 2.05) is 42.5 Å². The molecule has 0 spiro atoms. The molecule has 1 saturated carbocycles. The van der Waals surface area contributed by atoms with Crippen molar-refractivity contribution in [3.05, 3.63) is 76.8 Å². The smallest absolute Gasteiger partial charge is 0.253 e. The second-order valence-corrected chi connectivity index (χ2v) is 10.3. The lowest BCUT2D eigenvalue weighted by Gasteiger charge is -2.50. The van der Waals surface area contributed by atoms with Crippen LogP contribution in [0, 0.1) is 23.7 Å². The molecule has 2 aromatic rings. The zero-order chi connectivity index (χ0) is 23.0. The van der Waals surface area contributed by atoms with E-state index in [4.69, 9.17) is 11.6 Å². The van der Waals surface area contributed by atoms with E-state index in [-0.39, 0.29) is 41.4 Å². The lowest BCUT2D eigenvalue weighted by Crippen LogP contribution is -2.67. The largest absolute Gasteiger partial charge is 0.300 e. The quantitative estimate of drug-likeness (QED) is 0.376. The zero-order valence-electron chi connectivity index (χ0n) is 18.5. The molecule has 0 N–H and O–H groups in total. The van der Waals surface area contributed by atoms with Crippen LogP contribution in [-0.4, -0.2) is 28.7 Å². The molecule has 168 valence electrons. The van der Waals surface area contributed by atoms with Crippen molar-refractivity contribution < 1.29 is 14.4 Å². The van der Waals surface area contributed by atoms with Gasteiger partial charge in [0.05, 0.1) is 17.9 Å². The lowest BCUT2D eigenvalue weighted by atomic mass is 9.85. The molecule has 2 heterocycles. The molecule has 5 nitrogen and oxygen atoms in total. The Balaban J connectivity index is 1.40. The van der Waals surface area contributed by atoms with E-state index in [0.717, 1.165) is 17.7 Å². The van der Waals surface area contributed by atoms with Crippen LogP contribution in [0.15, 0.2) is 60.7 Å². The summed E-state index contributed by atoms with van der Waals surface area (Å²) in [6.45, 7) is 4.24. The predicted molar refractivity (Wildman–Crippen MR) is 126 cm³/mol. The van der Waals surface area contributed by atoms with Crippen molar-refractivity contribution in [2.45, 2.75) is 38.3 Å². The summed E-state index contributed by atoms with van der Waals surface area (Å²) < 4.78 is 0. The number of carbonyl (C=O) groups excluding carboxylic acids is 3. The lowest BCUT2D eigenvalue weighted by molar-refractivity contribution is -0.153. The van der Waals surface area contributed by atoms with E-state index in [1.54, 1.807) is 11.0 Å². The highest BCUT2D eigenvalue weighted by atomic mass is 35.5. The van der Waals surface area contributed by atoms with Gasteiger partial charge >= 0.3 is 0 Å². The maximum Gasteiger partial charge on any atom is 0.253 e. The summed E-state index contributed by atoms with van der Waals surface area (Å²) in [6, 6.07) is 13.9. The highest BCUT2D eigenvalue weighted by Gasteiger charge is 2.65. The van der Waals surface area contributed by atoms with Crippen molar-refractivity contribution in [3.8, 4) is 0 Å². The van der Waals surface area contributed by atoms with Gasteiger partial charge in [0.2, 0.25) is 11.8 Å². The Morgan fingerprint density at radius 1 is 0.788 bits per heavy atom. The second kappa shape index (κ2) is 7.29. The summed E-state index contributed by atoms with van der Waals surface area (Å²) >= 11 is 6.56. The fourth-order valence-electron chi connectivity index (χ4n) is 6.26. The van der Waals surface area contributed by atoms with Crippen molar-refractivity contribution in [2.24, 2.45) is 23.7 Å². The van der Waals surface area contributed by atoms with Gasteiger partial charge in [0.25, 0.3) is 5.91 Å². The summed E-state index contributed by atoms with van der Waals surface area (Å²) in [7, 11) is 0. The molecule has 6 heteroatoms. The van der Waals surface area contributed by atoms with Crippen LogP contribution in [0.5, 0.6) is 0 Å². The molecule has 2 bridgehead atoms. The van der Waals surface area contributed by atoms with Gasteiger partial charge in [-0.1, -0.05) is 67.9 Å². The van der Waals surface area contributed by atoms with Gasteiger partial charge in [-0.3, -0.25) is 19.3 Å². The normalized spacial score (nSPS) is 32.2. The molecule has 6 atom stereocenters. The third-order valence-corrected chi connectivity index (χ3v) is 8.26. The van der Waals surface area contributed by atoms with Gasteiger partial charge in [0, 0.05) is 10.7 Å². The van der Waals surface area contributed by atoms with Crippen LogP contribution in [0.1, 0.15) is 43.4 Å². The molecule has 6 rings (SSSR count). The highest BCUT2D eigenvalue weighted by molar-refractivity contribution is 6.31. The fraction of sp³-hybridized carbons (Fsp3) is 0.370. The molecule has 33 heavy (non-hydrogen) atoms. The first-order chi connectivity index (χ1) is 15.9. The van der Waals surface area contributed by atoms with Gasteiger partial charge in [-0.2, -0.15) is 0 Å². The third-order valence-electron chi connectivity index (χ3n) is 7.91. The average Bonchev–Trinajstić information content (AvgIpc) is 3.48. The Hall–Kier alpha value is -2.92. The Morgan fingerprint density at radius 3 is 1.97 bits per heavy atom. The second-order valence-electron chi connectivity index (χ2n) is 9.91. The van der Waals surface area contributed by atoms with Gasteiger partial charge in [-0.25, -0.2) is 0 Å². The number of carbonyl (C=O) groups is 3. The summed E-state index contributed by atoms with van der Waals surface area (Å²) in [4.78, 5) is 43.4. The van der Waals surface area contributed by atoms with Gasteiger partial charge in [0.1, 0.15) is 6.04 Å². The van der Waals surface area contributed by atoms with Gasteiger partial charge < -0.3 is 4.90 Å². The predicted octanol–water partition coefficient (Wildman–Crippen LogP) is 4.73. The number of likely N-dealkylation sites (tertiary alicyclic amines) is 1. The Morgan fingerprint density at radius 2 is 1.39 bits per heavy atom. The highest BCUT2D eigenvalue weighted by Crippen LogP contribution is 2.55. The molecule has 2 aromatic carbocycles. The van der Waals surface area contributed by atoms with E-state index >= 15 is 0 Å². The number of hydrogen-bond acceptors (Lipinski definition) is 3. The topological polar surface area (TPSA) is 57.7 Å². The number of allylic oxidation sites excluding steroid dienone is 2. The van der Waals surface area contributed by atoms with Gasteiger partial charge in [-0.05, 0) is 53.5 Å². The van der Waals surface area contributed by atoms with Crippen molar-refractivity contribution >= 4 is 35.0 Å². The summed E-state index contributed by atoms with van der Waals surface area (Å²) in [6.07, 6.45) is 5.00. The SMILES string of the molecule is CC(C)c1ccc(N2C(=O)C(N3C(=O)C4C5C=CC(C5)C4C3=O)C2c2ccccc2Cl)cc1.